The second-order valence-electron chi connectivity index (χ2n) is 7.31. The number of rotatable bonds is 6. The molecule has 3 aromatic carbocycles. The Bertz CT molecular complexity index is 1360. The fraction of sp³-hybridized carbons (Fsp3) is 0.120. The number of carbonyl (C=O) groups excluding carboxylic acids is 1. The molecule has 6 nitrogen and oxygen atoms in total. The van der Waals surface area contributed by atoms with Crippen molar-refractivity contribution < 1.29 is 18.7 Å². The smallest absolute Gasteiger partial charge is 0.262 e. The van der Waals surface area contributed by atoms with Gasteiger partial charge < -0.3 is 19.2 Å². The molecule has 4 aromatic rings. The number of benzene rings is 3. The Kier molecular flexibility index (Phi) is 6.14. The molecule has 7 heteroatoms. The quantitative estimate of drug-likeness (QED) is 0.398. The van der Waals surface area contributed by atoms with Gasteiger partial charge in [-0.2, -0.15) is 0 Å². The predicted molar refractivity (Wildman–Crippen MR) is 124 cm³/mol. The van der Waals surface area contributed by atoms with E-state index in [4.69, 9.17) is 25.5 Å². The predicted octanol–water partition coefficient (Wildman–Crippen LogP) is 5.87. The number of aryl methyl sites for hydroxylation is 2. The highest BCUT2D eigenvalue weighted by molar-refractivity contribution is 6.30. The third-order valence-electron chi connectivity index (χ3n) is 4.76. The van der Waals surface area contributed by atoms with Crippen molar-refractivity contribution in [1.82, 2.24) is 0 Å². The summed E-state index contributed by atoms with van der Waals surface area (Å²) in [5, 5.41) is 3.57. The van der Waals surface area contributed by atoms with E-state index >= 15 is 0 Å². The molecule has 0 bridgehead atoms. The second-order valence-corrected chi connectivity index (χ2v) is 7.74. The number of amides is 1. The van der Waals surface area contributed by atoms with E-state index in [1.807, 2.05) is 32.0 Å². The molecule has 0 spiro atoms. The van der Waals surface area contributed by atoms with Crippen molar-refractivity contribution >= 4 is 34.2 Å². The van der Waals surface area contributed by atoms with Crippen LogP contribution < -0.4 is 20.2 Å². The minimum absolute atomic E-state index is 0.0979. The first-order valence-electron chi connectivity index (χ1n) is 9.88. The third kappa shape index (κ3) is 4.92. The van der Waals surface area contributed by atoms with Gasteiger partial charge in [-0.1, -0.05) is 29.8 Å². The Morgan fingerprint density at radius 1 is 1.03 bits per heavy atom. The lowest BCUT2D eigenvalue weighted by molar-refractivity contribution is -0.118. The number of ether oxygens (including phenoxy) is 2. The van der Waals surface area contributed by atoms with Crippen LogP contribution >= 0.6 is 11.6 Å². The van der Waals surface area contributed by atoms with Crippen LogP contribution in [-0.4, -0.2) is 12.5 Å². The average molecular weight is 450 g/mol. The van der Waals surface area contributed by atoms with Gasteiger partial charge in [0.2, 0.25) is 11.2 Å². The summed E-state index contributed by atoms with van der Waals surface area (Å²) in [5.74, 6) is 0.749. The van der Waals surface area contributed by atoms with Crippen LogP contribution in [0.25, 0.3) is 11.0 Å². The standard InChI is InChI=1S/C25H20ClNO5/c1-15-6-7-16(2)21(10-15)32-23-13-31-22-12-19(8-9-20(22)25(23)29)30-14-24(28)27-18-5-3-4-17(26)11-18/h3-13H,14H2,1-2H3,(H,27,28). The highest BCUT2D eigenvalue weighted by atomic mass is 35.5. The molecule has 0 fully saturated rings. The summed E-state index contributed by atoms with van der Waals surface area (Å²) in [4.78, 5) is 25.0. The molecule has 4 rings (SSSR count). The summed E-state index contributed by atoms with van der Waals surface area (Å²) >= 11 is 5.91. The minimum Gasteiger partial charge on any atom is -0.484 e. The van der Waals surface area contributed by atoms with Crippen molar-refractivity contribution in [1.29, 1.82) is 0 Å². The van der Waals surface area contributed by atoms with Gasteiger partial charge >= 0.3 is 0 Å². The maximum Gasteiger partial charge on any atom is 0.262 e. The molecule has 32 heavy (non-hydrogen) atoms. The third-order valence-corrected chi connectivity index (χ3v) is 4.99. The lowest BCUT2D eigenvalue weighted by Gasteiger charge is -2.10. The lowest BCUT2D eigenvalue weighted by atomic mass is 10.1. The van der Waals surface area contributed by atoms with Gasteiger partial charge in [0, 0.05) is 16.8 Å². The Morgan fingerprint density at radius 2 is 1.88 bits per heavy atom. The molecular weight excluding hydrogens is 430 g/mol. The van der Waals surface area contributed by atoms with E-state index in [-0.39, 0.29) is 23.7 Å². The van der Waals surface area contributed by atoms with Gasteiger partial charge in [0.05, 0.1) is 5.39 Å². The maximum absolute atomic E-state index is 12.8. The van der Waals surface area contributed by atoms with Crippen LogP contribution in [0.4, 0.5) is 5.69 Å². The van der Waals surface area contributed by atoms with Crippen LogP contribution in [0.3, 0.4) is 0 Å². The molecule has 0 saturated heterocycles. The molecule has 1 amide bonds. The molecule has 0 unspecified atom stereocenters. The first kappa shape index (κ1) is 21.5. The van der Waals surface area contributed by atoms with Crippen LogP contribution in [0.2, 0.25) is 5.02 Å². The summed E-state index contributed by atoms with van der Waals surface area (Å²) in [6.45, 7) is 3.64. The zero-order valence-corrected chi connectivity index (χ0v) is 18.2. The molecule has 0 radical (unpaired) electrons. The molecule has 0 aliphatic rings. The van der Waals surface area contributed by atoms with E-state index in [9.17, 15) is 9.59 Å². The van der Waals surface area contributed by atoms with Crippen LogP contribution in [0, 0.1) is 13.8 Å². The largest absolute Gasteiger partial charge is 0.484 e. The first-order valence-corrected chi connectivity index (χ1v) is 10.3. The van der Waals surface area contributed by atoms with Gasteiger partial charge in [-0.25, -0.2) is 0 Å². The van der Waals surface area contributed by atoms with Gasteiger partial charge in [0.1, 0.15) is 23.3 Å². The number of fused-ring (bicyclic) bond motifs is 1. The highest BCUT2D eigenvalue weighted by Crippen LogP contribution is 2.27. The monoisotopic (exact) mass is 449 g/mol. The molecule has 1 heterocycles. The number of halogens is 1. The van der Waals surface area contributed by atoms with Gasteiger partial charge in [-0.3, -0.25) is 9.59 Å². The first-order chi connectivity index (χ1) is 15.4. The molecular formula is C25H20ClNO5. The van der Waals surface area contributed by atoms with Crippen molar-refractivity contribution in [2.75, 3.05) is 11.9 Å². The minimum atomic E-state index is -0.342. The van der Waals surface area contributed by atoms with Crippen molar-refractivity contribution in [2.24, 2.45) is 0 Å². The summed E-state index contributed by atoms with van der Waals surface area (Å²) in [6.07, 6.45) is 1.28. The Balaban J connectivity index is 1.47. The van der Waals surface area contributed by atoms with Crippen molar-refractivity contribution in [3.63, 3.8) is 0 Å². The van der Waals surface area contributed by atoms with Crippen LogP contribution in [0.15, 0.2) is 76.1 Å². The number of nitrogens with one attached hydrogen (secondary N) is 1. The number of hydrogen-bond donors (Lipinski definition) is 1. The van der Waals surface area contributed by atoms with Crippen LogP contribution in [-0.2, 0) is 4.79 Å². The second kappa shape index (κ2) is 9.16. The highest BCUT2D eigenvalue weighted by Gasteiger charge is 2.12. The van der Waals surface area contributed by atoms with E-state index in [1.54, 1.807) is 42.5 Å². The normalized spacial score (nSPS) is 10.7. The zero-order valence-electron chi connectivity index (χ0n) is 17.5. The maximum atomic E-state index is 12.8. The molecule has 1 N–H and O–H groups in total. The van der Waals surface area contributed by atoms with Crippen LogP contribution in [0.1, 0.15) is 11.1 Å². The fourth-order valence-electron chi connectivity index (χ4n) is 3.10. The average Bonchev–Trinajstić information content (AvgIpc) is 2.76. The fourth-order valence-corrected chi connectivity index (χ4v) is 3.29. The van der Waals surface area contributed by atoms with E-state index in [0.29, 0.717) is 33.2 Å². The molecule has 0 aliphatic carbocycles. The number of hydrogen-bond acceptors (Lipinski definition) is 5. The summed E-state index contributed by atoms with van der Waals surface area (Å²) in [5.41, 5.74) is 2.55. The molecule has 0 atom stereocenters. The Labute approximate surface area is 189 Å². The van der Waals surface area contributed by atoms with Gasteiger partial charge in [-0.15, -0.1) is 0 Å². The van der Waals surface area contributed by atoms with Crippen molar-refractivity contribution in [2.45, 2.75) is 13.8 Å². The van der Waals surface area contributed by atoms with Gasteiger partial charge in [-0.05, 0) is 61.4 Å². The van der Waals surface area contributed by atoms with Crippen molar-refractivity contribution in [3.8, 4) is 17.2 Å². The van der Waals surface area contributed by atoms with E-state index in [0.717, 1.165) is 11.1 Å². The van der Waals surface area contributed by atoms with Gasteiger partial charge in [0.25, 0.3) is 5.91 Å². The summed E-state index contributed by atoms with van der Waals surface area (Å²) in [7, 11) is 0. The molecule has 1 aromatic heterocycles. The Hall–Kier alpha value is -3.77. The Morgan fingerprint density at radius 3 is 2.69 bits per heavy atom. The molecule has 162 valence electrons. The van der Waals surface area contributed by atoms with E-state index in [1.165, 1.54) is 6.26 Å². The van der Waals surface area contributed by atoms with E-state index < -0.39 is 0 Å². The van der Waals surface area contributed by atoms with Gasteiger partial charge in [0.15, 0.2) is 6.61 Å². The summed E-state index contributed by atoms with van der Waals surface area (Å²) < 4.78 is 16.9. The summed E-state index contributed by atoms with van der Waals surface area (Å²) in [6, 6.07) is 17.3. The molecule has 0 aliphatic heterocycles. The number of anilines is 1. The van der Waals surface area contributed by atoms with E-state index in [2.05, 4.69) is 5.32 Å². The molecule has 0 saturated carbocycles. The SMILES string of the molecule is Cc1ccc(C)c(Oc2coc3cc(OCC(=O)Nc4cccc(Cl)c4)ccc3c2=O)c1. The van der Waals surface area contributed by atoms with Crippen LogP contribution in [0.5, 0.6) is 17.2 Å². The number of carbonyl (C=O) groups is 1. The van der Waals surface area contributed by atoms with Crippen molar-refractivity contribution in [3.05, 3.63) is 93.3 Å². The zero-order chi connectivity index (χ0) is 22.7. The lowest BCUT2D eigenvalue weighted by Crippen LogP contribution is -2.20. The topological polar surface area (TPSA) is 77.8 Å².